The van der Waals surface area contributed by atoms with E-state index in [0.717, 1.165) is 23.9 Å². The van der Waals surface area contributed by atoms with Gasteiger partial charge >= 0.3 is 0 Å². The minimum atomic E-state index is 0. The largest absolute Gasteiger partial charge is 0.336 e. The number of likely N-dealkylation sites (tertiary alicyclic amines) is 1. The highest BCUT2D eigenvalue weighted by Gasteiger charge is 2.31. The van der Waals surface area contributed by atoms with Gasteiger partial charge in [0.05, 0.1) is 0 Å². The molecule has 0 aliphatic carbocycles. The van der Waals surface area contributed by atoms with Gasteiger partial charge in [-0.15, -0.1) is 12.4 Å². The van der Waals surface area contributed by atoms with E-state index in [1.54, 1.807) is 0 Å². The summed E-state index contributed by atoms with van der Waals surface area (Å²) in [5.74, 6) is 0.564. The van der Waals surface area contributed by atoms with Crippen LogP contribution in [0.15, 0.2) is 42.5 Å². The van der Waals surface area contributed by atoms with Crippen LogP contribution in [0.1, 0.15) is 23.7 Å². The quantitative estimate of drug-likeness (QED) is 0.927. The highest BCUT2D eigenvalue weighted by Crippen LogP contribution is 2.25. The molecule has 0 radical (unpaired) electrons. The molecule has 1 amide bonds. The predicted molar refractivity (Wildman–Crippen MR) is 88.9 cm³/mol. The van der Waals surface area contributed by atoms with Gasteiger partial charge in [-0.3, -0.25) is 4.79 Å². The van der Waals surface area contributed by atoms with Gasteiger partial charge in [0.15, 0.2) is 0 Å². The second kappa shape index (κ2) is 6.46. The Morgan fingerprint density at radius 2 is 1.95 bits per heavy atom. The van der Waals surface area contributed by atoms with Crippen molar-refractivity contribution in [3.63, 3.8) is 0 Å². The molecule has 2 unspecified atom stereocenters. The molecule has 2 aromatic carbocycles. The van der Waals surface area contributed by atoms with E-state index in [0.29, 0.717) is 12.5 Å². The molecule has 0 bridgehead atoms. The lowest BCUT2D eigenvalue weighted by molar-refractivity contribution is 0.0743. The van der Waals surface area contributed by atoms with Crippen molar-refractivity contribution in [3.05, 3.63) is 48.0 Å². The van der Waals surface area contributed by atoms with Crippen molar-refractivity contribution in [3.8, 4) is 0 Å². The number of fused-ring (bicyclic) bond motifs is 1. The van der Waals surface area contributed by atoms with E-state index in [2.05, 4.69) is 13.0 Å². The molecule has 3 nitrogen and oxygen atoms in total. The highest BCUT2D eigenvalue weighted by atomic mass is 35.5. The minimum Gasteiger partial charge on any atom is -0.336 e. The molecular formula is C17H21ClN2O. The van der Waals surface area contributed by atoms with Gasteiger partial charge in [0.25, 0.3) is 5.91 Å². The van der Waals surface area contributed by atoms with E-state index in [-0.39, 0.29) is 24.4 Å². The Morgan fingerprint density at radius 3 is 2.62 bits per heavy atom. The van der Waals surface area contributed by atoms with E-state index in [1.165, 1.54) is 5.39 Å². The monoisotopic (exact) mass is 304 g/mol. The fourth-order valence-electron chi connectivity index (χ4n) is 3.08. The number of halogens is 1. The Bertz CT molecular complexity index is 643. The van der Waals surface area contributed by atoms with Gasteiger partial charge in [-0.25, -0.2) is 0 Å². The molecule has 1 heterocycles. The van der Waals surface area contributed by atoms with Crippen LogP contribution in [-0.2, 0) is 0 Å². The third-order valence-electron chi connectivity index (χ3n) is 4.25. The first-order valence-electron chi connectivity index (χ1n) is 7.19. The first kappa shape index (κ1) is 15.8. The lowest BCUT2D eigenvalue weighted by Gasteiger charge is -2.21. The second-order valence-corrected chi connectivity index (χ2v) is 5.71. The molecular weight excluding hydrogens is 284 g/mol. The number of hydrogen-bond donors (Lipinski definition) is 1. The first-order valence-corrected chi connectivity index (χ1v) is 7.19. The SMILES string of the molecule is CC1CC(CN)CN1C(=O)c1ccc2ccccc2c1.Cl. The lowest BCUT2D eigenvalue weighted by atomic mass is 10.1. The van der Waals surface area contributed by atoms with Gasteiger partial charge in [0, 0.05) is 18.2 Å². The van der Waals surface area contributed by atoms with Crippen molar-refractivity contribution in [1.82, 2.24) is 4.90 Å². The van der Waals surface area contributed by atoms with Crippen LogP contribution in [0.3, 0.4) is 0 Å². The van der Waals surface area contributed by atoms with Crippen LogP contribution >= 0.6 is 12.4 Å². The summed E-state index contributed by atoms with van der Waals surface area (Å²) in [6.45, 7) is 3.55. The second-order valence-electron chi connectivity index (χ2n) is 5.71. The summed E-state index contributed by atoms with van der Waals surface area (Å²) in [7, 11) is 0. The van der Waals surface area contributed by atoms with Crippen LogP contribution < -0.4 is 5.73 Å². The van der Waals surface area contributed by atoms with E-state index >= 15 is 0 Å². The zero-order valence-corrected chi connectivity index (χ0v) is 13.0. The van der Waals surface area contributed by atoms with Gasteiger partial charge in [0.2, 0.25) is 0 Å². The number of rotatable bonds is 2. The van der Waals surface area contributed by atoms with Crippen molar-refractivity contribution in [1.29, 1.82) is 0 Å². The van der Waals surface area contributed by atoms with Gasteiger partial charge in [-0.05, 0) is 48.7 Å². The zero-order valence-electron chi connectivity index (χ0n) is 12.2. The van der Waals surface area contributed by atoms with Crippen molar-refractivity contribution >= 4 is 29.1 Å². The summed E-state index contributed by atoms with van der Waals surface area (Å²) in [5, 5.41) is 2.28. The lowest BCUT2D eigenvalue weighted by Crippen LogP contribution is -2.34. The molecule has 2 atom stereocenters. The fraction of sp³-hybridized carbons (Fsp3) is 0.353. The van der Waals surface area contributed by atoms with Crippen LogP contribution in [0.25, 0.3) is 10.8 Å². The molecule has 4 heteroatoms. The van der Waals surface area contributed by atoms with Crippen molar-refractivity contribution < 1.29 is 4.79 Å². The standard InChI is InChI=1S/C17H20N2O.ClH/c1-12-8-13(10-18)11-19(12)17(20)16-7-6-14-4-2-3-5-15(14)9-16;/h2-7,9,12-13H,8,10-11,18H2,1H3;1H. The third-order valence-corrected chi connectivity index (χ3v) is 4.25. The average molecular weight is 305 g/mol. The van der Waals surface area contributed by atoms with E-state index in [9.17, 15) is 4.79 Å². The summed E-state index contributed by atoms with van der Waals surface area (Å²) < 4.78 is 0. The number of carbonyl (C=O) groups is 1. The van der Waals surface area contributed by atoms with Crippen molar-refractivity contribution in [2.75, 3.05) is 13.1 Å². The molecule has 0 saturated carbocycles. The Morgan fingerprint density at radius 1 is 1.24 bits per heavy atom. The fourth-order valence-corrected chi connectivity index (χ4v) is 3.08. The number of amides is 1. The summed E-state index contributed by atoms with van der Waals surface area (Å²) in [5.41, 5.74) is 6.51. The average Bonchev–Trinajstić information content (AvgIpc) is 2.87. The molecule has 3 rings (SSSR count). The van der Waals surface area contributed by atoms with Crippen LogP contribution in [0.2, 0.25) is 0 Å². The number of hydrogen-bond acceptors (Lipinski definition) is 2. The van der Waals surface area contributed by atoms with Crippen LogP contribution in [-0.4, -0.2) is 29.9 Å². The molecule has 0 spiro atoms. The Balaban J connectivity index is 0.00000161. The van der Waals surface area contributed by atoms with Crippen LogP contribution in [0.5, 0.6) is 0 Å². The smallest absolute Gasteiger partial charge is 0.254 e. The molecule has 0 aromatic heterocycles. The van der Waals surface area contributed by atoms with Gasteiger partial charge in [0.1, 0.15) is 0 Å². The molecule has 1 saturated heterocycles. The molecule has 2 aromatic rings. The van der Waals surface area contributed by atoms with E-state index in [4.69, 9.17) is 5.73 Å². The molecule has 2 N–H and O–H groups in total. The van der Waals surface area contributed by atoms with Gasteiger partial charge < -0.3 is 10.6 Å². The van der Waals surface area contributed by atoms with Crippen molar-refractivity contribution in [2.24, 2.45) is 11.7 Å². The topological polar surface area (TPSA) is 46.3 Å². The first-order chi connectivity index (χ1) is 9.69. The summed E-state index contributed by atoms with van der Waals surface area (Å²) >= 11 is 0. The highest BCUT2D eigenvalue weighted by molar-refractivity contribution is 5.98. The maximum atomic E-state index is 12.6. The Labute approximate surface area is 131 Å². The third kappa shape index (κ3) is 3.04. The molecule has 112 valence electrons. The number of benzene rings is 2. The molecule has 1 fully saturated rings. The Kier molecular flexibility index (Phi) is 4.86. The zero-order chi connectivity index (χ0) is 14.1. The summed E-state index contributed by atoms with van der Waals surface area (Å²) in [6.07, 6.45) is 1.01. The van der Waals surface area contributed by atoms with Gasteiger partial charge in [-0.2, -0.15) is 0 Å². The Hall–Kier alpha value is -1.58. The van der Waals surface area contributed by atoms with Gasteiger partial charge in [-0.1, -0.05) is 30.3 Å². The van der Waals surface area contributed by atoms with E-state index in [1.807, 2.05) is 41.3 Å². The summed E-state index contributed by atoms with van der Waals surface area (Å²) in [4.78, 5) is 14.6. The number of carbonyl (C=O) groups excluding carboxylic acids is 1. The number of nitrogens with zero attached hydrogens (tertiary/aromatic N) is 1. The predicted octanol–water partition coefficient (Wildman–Crippen LogP) is 3.07. The minimum absolute atomic E-state index is 0. The molecule has 1 aliphatic rings. The maximum Gasteiger partial charge on any atom is 0.254 e. The summed E-state index contributed by atoms with van der Waals surface area (Å²) in [6, 6.07) is 14.3. The van der Waals surface area contributed by atoms with Crippen LogP contribution in [0.4, 0.5) is 0 Å². The number of nitrogens with two attached hydrogens (primary N) is 1. The van der Waals surface area contributed by atoms with Crippen LogP contribution in [0, 0.1) is 5.92 Å². The molecule has 21 heavy (non-hydrogen) atoms. The normalized spacial score (nSPS) is 21.3. The van der Waals surface area contributed by atoms with E-state index < -0.39 is 0 Å². The van der Waals surface area contributed by atoms with Crippen molar-refractivity contribution in [2.45, 2.75) is 19.4 Å². The molecule has 1 aliphatic heterocycles. The maximum absolute atomic E-state index is 12.6.